The number of hydrogen-bond acceptors (Lipinski definition) is 1. The van der Waals surface area contributed by atoms with Crippen molar-refractivity contribution < 1.29 is 20.4 Å². The molecule has 0 saturated heterocycles. The zero-order valence-corrected chi connectivity index (χ0v) is 26.9. The van der Waals surface area contributed by atoms with Crippen LogP contribution in [0.25, 0.3) is 11.1 Å². The van der Waals surface area contributed by atoms with Crippen LogP contribution in [0.1, 0.15) is 36.8 Å². The summed E-state index contributed by atoms with van der Waals surface area (Å²) in [4.78, 5) is 13.5. The van der Waals surface area contributed by atoms with Crippen molar-refractivity contribution in [2.45, 2.75) is 35.7 Å². The second-order valence-corrected chi connectivity index (χ2v) is 49.4. The van der Waals surface area contributed by atoms with Crippen molar-refractivity contribution in [3.05, 3.63) is 114 Å². The van der Waals surface area contributed by atoms with Crippen LogP contribution < -0.4 is 19.4 Å². The van der Waals surface area contributed by atoms with E-state index in [1.54, 1.807) is 0 Å². The topological polar surface area (TPSA) is 43.1 Å². The van der Waals surface area contributed by atoms with E-state index in [1.807, 2.05) is 0 Å². The van der Waals surface area contributed by atoms with Gasteiger partial charge in [-0.05, 0) is 0 Å². The average molecular weight is 649 g/mol. The molecule has 2 fully saturated rings. The van der Waals surface area contributed by atoms with E-state index in [9.17, 15) is 4.79 Å². The number of amides is 1. The van der Waals surface area contributed by atoms with Crippen molar-refractivity contribution in [2.24, 2.45) is 17.1 Å². The molecule has 1 amide bonds. The van der Waals surface area contributed by atoms with E-state index in [2.05, 4.69) is 103 Å². The normalized spacial score (nSPS) is 24.2. The summed E-state index contributed by atoms with van der Waals surface area (Å²) in [5.41, 5.74) is 10.8. The minimum atomic E-state index is -5.26. The number of nitrogens with two attached hydrogens (primary N) is 1. The summed E-state index contributed by atoms with van der Waals surface area (Å²) in [6.07, 6.45) is 4.41. The molecule has 2 saturated carbocycles. The quantitative estimate of drug-likeness (QED) is 0.230. The summed E-state index contributed by atoms with van der Waals surface area (Å²) < 4.78 is 1.10. The molecule has 2 bridgehead atoms. The van der Waals surface area contributed by atoms with Gasteiger partial charge in [0.1, 0.15) is 0 Å². The predicted molar refractivity (Wildman–Crippen MR) is 163 cm³/mol. The fourth-order valence-electron chi connectivity index (χ4n) is 8.62. The standard InChI is InChI=1S/C13H9.C12H11Si.C8H12NO.2ClH.Zr/c1-3-7-12-10(5-1)9-11-6-2-4-8-13(11)12;1-3-7-11(8-4-1)13-12-9-5-2-6-10-12;9-7(10)8-3-1-6(5-8)2-4-8;;;/h1-5,7-8H,9H2;1-10,13H;3,6H,1-2,4-5H2,(H2,9,10);2*1H;/q;;;;;+2/p-2. The van der Waals surface area contributed by atoms with Gasteiger partial charge in [0.05, 0.1) is 0 Å². The van der Waals surface area contributed by atoms with Gasteiger partial charge in [-0.2, -0.15) is 0 Å². The molecule has 0 aliphatic heterocycles. The first-order valence-corrected chi connectivity index (χ1v) is 29.0. The summed E-state index contributed by atoms with van der Waals surface area (Å²) >= 11 is -5.26. The molecule has 3 atom stereocenters. The first-order chi connectivity index (χ1) is 18.8. The summed E-state index contributed by atoms with van der Waals surface area (Å²) in [6.45, 7) is 0. The van der Waals surface area contributed by atoms with Gasteiger partial charge in [-0.25, -0.2) is 0 Å². The summed E-state index contributed by atoms with van der Waals surface area (Å²) in [5, 5.41) is 2.52. The number of hydrogen-bond donors (Lipinski definition) is 1. The van der Waals surface area contributed by atoms with Gasteiger partial charge in [-0.1, -0.05) is 0 Å². The van der Waals surface area contributed by atoms with Crippen LogP contribution in [-0.4, -0.2) is 11.8 Å². The number of halogens is 2. The van der Waals surface area contributed by atoms with Gasteiger partial charge in [0.2, 0.25) is 0 Å². The maximum atomic E-state index is 13.5. The third-order valence-electron chi connectivity index (χ3n) is 10.2. The number of primary amides is 1. The van der Waals surface area contributed by atoms with E-state index >= 15 is 0 Å². The Morgan fingerprint density at radius 3 is 2.08 bits per heavy atom. The molecule has 197 valence electrons. The van der Waals surface area contributed by atoms with E-state index in [-0.39, 0.29) is 9.53 Å². The SMILES string of the molecule is NC(=O)C12CCC(C[CH]1[Zr]([Cl])([Cl])([c]1cccc3c1Cc1ccccc1-3)[SiH](c1ccccc1)c1ccccc1)C2. The van der Waals surface area contributed by atoms with Crippen molar-refractivity contribution in [1.29, 1.82) is 0 Å². The van der Waals surface area contributed by atoms with Crippen LogP contribution in [-0.2, 0) is 26.8 Å². The van der Waals surface area contributed by atoms with E-state index in [0.29, 0.717) is 5.92 Å². The molecular formula is C33H32Cl2NOSiZr. The molecule has 2 nitrogen and oxygen atoms in total. The molecular weight excluding hydrogens is 617 g/mol. The second-order valence-electron chi connectivity index (χ2n) is 12.0. The number of carbonyl (C=O) groups is 1. The molecule has 39 heavy (non-hydrogen) atoms. The van der Waals surface area contributed by atoms with Crippen LogP contribution in [0.4, 0.5) is 0 Å². The number of benzene rings is 4. The van der Waals surface area contributed by atoms with E-state index in [0.717, 1.165) is 32.1 Å². The van der Waals surface area contributed by atoms with Crippen molar-refractivity contribution in [2.75, 3.05) is 0 Å². The minimum absolute atomic E-state index is 0.0779. The first kappa shape index (κ1) is 26.0. The van der Waals surface area contributed by atoms with Gasteiger partial charge >= 0.3 is 241 Å². The summed E-state index contributed by atoms with van der Waals surface area (Å²) in [5.74, 6) is -2.03. The molecule has 2 N–H and O–H groups in total. The monoisotopic (exact) mass is 646 g/mol. The summed E-state index contributed by atoms with van der Waals surface area (Å²) in [6, 6.07) is 36.7. The third kappa shape index (κ3) is 3.71. The Kier molecular flexibility index (Phi) is 6.18. The molecule has 7 rings (SSSR count). The molecule has 0 radical (unpaired) electrons. The van der Waals surface area contributed by atoms with Gasteiger partial charge in [-0.15, -0.1) is 0 Å². The molecule has 6 heteroatoms. The van der Waals surface area contributed by atoms with Crippen molar-refractivity contribution in [1.82, 2.24) is 0 Å². The second kappa shape index (κ2) is 9.28. The van der Waals surface area contributed by atoms with Gasteiger partial charge in [0.25, 0.3) is 0 Å². The Morgan fingerprint density at radius 2 is 1.44 bits per heavy atom. The summed E-state index contributed by atoms with van der Waals surface area (Å²) in [7, 11) is 17.3. The van der Waals surface area contributed by atoms with Crippen LogP contribution in [0.15, 0.2) is 103 Å². The molecule has 4 aromatic carbocycles. The maximum absolute atomic E-state index is 13.5. The Labute approximate surface area is 239 Å². The van der Waals surface area contributed by atoms with Gasteiger partial charge < -0.3 is 0 Å². The molecule has 0 heterocycles. The fourth-order valence-corrected chi connectivity index (χ4v) is 57.4. The Balaban J connectivity index is 1.57. The Bertz CT molecular complexity index is 1550. The Hall–Kier alpha value is -1.97. The molecule has 4 aromatic rings. The first-order valence-electron chi connectivity index (χ1n) is 14.0. The van der Waals surface area contributed by atoms with Crippen molar-refractivity contribution >= 4 is 42.5 Å². The van der Waals surface area contributed by atoms with Gasteiger partial charge in [0, 0.05) is 0 Å². The van der Waals surface area contributed by atoms with Crippen LogP contribution in [0.5, 0.6) is 0 Å². The van der Waals surface area contributed by atoms with E-state index < -0.39 is 26.9 Å². The fraction of sp³-hybridized carbons (Fsp3) is 0.242. The third-order valence-corrected chi connectivity index (χ3v) is 52.3. The van der Waals surface area contributed by atoms with Crippen LogP contribution in [0.2, 0.25) is 3.63 Å². The van der Waals surface area contributed by atoms with Gasteiger partial charge in [0.15, 0.2) is 0 Å². The zero-order chi connectivity index (χ0) is 26.9. The average Bonchev–Trinajstić information content (AvgIpc) is 3.67. The molecule has 0 aromatic heterocycles. The van der Waals surface area contributed by atoms with E-state index in [1.165, 1.54) is 35.9 Å². The number of rotatable bonds is 6. The molecule has 3 aliphatic carbocycles. The van der Waals surface area contributed by atoms with E-state index in [4.69, 9.17) is 22.8 Å². The number of carbonyl (C=O) groups excluding carboxylic acids is 1. The molecule has 3 aliphatic rings. The predicted octanol–water partition coefficient (Wildman–Crippen LogP) is 5.88. The van der Waals surface area contributed by atoms with Gasteiger partial charge in [-0.3, -0.25) is 0 Å². The number of fused-ring (bicyclic) bond motifs is 5. The Morgan fingerprint density at radius 1 is 0.821 bits per heavy atom. The van der Waals surface area contributed by atoms with Crippen LogP contribution in [0, 0.1) is 11.3 Å². The zero-order valence-electron chi connectivity index (χ0n) is 21.8. The van der Waals surface area contributed by atoms with Crippen molar-refractivity contribution in [3.8, 4) is 11.1 Å². The molecule has 3 unspecified atom stereocenters. The van der Waals surface area contributed by atoms with Crippen molar-refractivity contribution in [3.63, 3.8) is 0 Å². The molecule has 0 spiro atoms. The van der Waals surface area contributed by atoms with Crippen LogP contribution in [0.3, 0.4) is 0 Å². The van der Waals surface area contributed by atoms with Crippen LogP contribution >= 0.6 is 17.0 Å².